The molecule has 0 radical (unpaired) electrons. The Balaban J connectivity index is 2.10. The Hall–Kier alpha value is -1.34. The molecule has 7 heteroatoms. The molecule has 1 aromatic heterocycles. The maximum atomic E-state index is 12.4. The number of hydrogen-bond acceptors (Lipinski definition) is 4. The molecule has 1 aliphatic rings. The van der Waals surface area contributed by atoms with Gasteiger partial charge < -0.3 is 9.32 Å². The number of furan rings is 1. The first kappa shape index (κ1) is 18.5. The van der Waals surface area contributed by atoms with Crippen LogP contribution in [0.5, 0.6) is 0 Å². The van der Waals surface area contributed by atoms with Crippen LogP contribution in [-0.2, 0) is 23.0 Å². The Bertz CT molecular complexity index is 914. The fraction of sp³-hybridized carbons (Fsp3) is 0.444. The largest absolute Gasteiger partial charge is 0.456 e. The smallest absolute Gasteiger partial charge is 0.236 e. The monoisotopic (exact) mass is 382 g/mol. The summed E-state index contributed by atoms with van der Waals surface area (Å²) in [6.45, 7) is 6.14. The van der Waals surface area contributed by atoms with E-state index in [1.54, 1.807) is 6.08 Å². The van der Waals surface area contributed by atoms with Crippen molar-refractivity contribution in [1.82, 2.24) is 9.21 Å². The fourth-order valence-corrected chi connectivity index (χ4v) is 4.76. The summed E-state index contributed by atoms with van der Waals surface area (Å²) in [4.78, 5) is 2.19. The van der Waals surface area contributed by atoms with Gasteiger partial charge in [0.1, 0.15) is 11.3 Å². The van der Waals surface area contributed by atoms with Crippen molar-refractivity contribution in [1.29, 1.82) is 0 Å². The van der Waals surface area contributed by atoms with Crippen molar-refractivity contribution in [2.24, 2.45) is 0 Å². The van der Waals surface area contributed by atoms with E-state index in [1.165, 1.54) is 9.71 Å². The average Bonchev–Trinajstić information content (AvgIpc) is 2.80. The van der Waals surface area contributed by atoms with Crippen LogP contribution < -0.4 is 0 Å². The topological polar surface area (TPSA) is 53.8 Å². The van der Waals surface area contributed by atoms with Crippen molar-refractivity contribution in [3.8, 4) is 0 Å². The Morgan fingerprint density at radius 1 is 1.28 bits per heavy atom. The van der Waals surface area contributed by atoms with Gasteiger partial charge in [-0.25, -0.2) is 8.42 Å². The van der Waals surface area contributed by atoms with Crippen LogP contribution in [0.4, 0.5) is 0 Å². The first-order valence-electron chi connectivity index (χ1n) is 8.46. The van der Waals surface area contributed by atoms with Gasteiger partial charge in [0.25, 0.3) is 0 Å². The second kappa shape index (κ2) is 7.11. The molecule has 1 aliphatic heterocycles. The summed E-state index contributed by atoms with van der Waals surface area (Å²) < 4.78 is 32.2. The zero-order chi connectivity index (χ0) is 18.2. The lowest BCUT2D eigenvalue weighted by molar-refractivity contribution is 0.334. The Morgan fingerprint density at radius 2 is 2.00 bits per heavy atom. The number of rotatable bonds is 5. The molecule has 2 aromatic rings. The minimum Gasteiger partial charge on any atom is -0.456 e. The fourth-order valence-electron chi connectivity index (χ4n) is 3.33. The van der Waals surface area contributed by atoms with Crippen molar-refractivity contribution in [3.63, 3.8) is 0 Å². The van der Waals surface area contributed by atoms with E-state index in [-0.39, 0.29) is 0 Å². The van der Waals surface area contributed by atoms with Crippen LogP contribution in [0.3, 0.4) is 0 Å². The number of halogens is 1. The van der Waals surface area contributed by atoms with Crippen molar-refractivity contribution < 1.29 is 12.8 Å². The molecule has 0 fully saturated rings. The van der Waals surface area contributed by atoms with Gasteiger partial charge in [0.05, 0.1) is 0 Å². The van der Waals surface area contributed by atoms with E-state index in [1.807, 2.05) is 33.0 Å². The second-order valence-corrected chi connectivity index (χ2v) is 8.49. The molecule has 0 atom stereocenters. The Morgan fingerprint density at radius 3 is 2.68 bits per heavy atom. The van der Waals surface area contributed by atoms with Crippen LogP contribution in [0.1, 0.15) is 30.7 Å². The van der Waals surface area contributed by atoms with E-state index >= 15 is 0 Å². The van der Waals surface area contributed by atoms with E-state index in [0.717, 1.165) is 40.1 Å². The van der Waals surface area contributed by atoms with Crippen LogP contribution in [0.2, 0.25) is 5.02 Å². The normalized spacial score (nSPS) is 16.2. The SMILES string of the molecule is CCN(CC)S(=O)(=O)/C=C/c1oc2ccc(Cl)c3c2c1CN(C)CC3. The van der Waals surface area contributed by atoms with Crippen molar-refractivity contribution in [2.45, 2.75) is 26.8 Å². The van der Waals surface area contributed by atoms with E-state index in [9.17, 15) is 8.42 Å². The molecule has 2 heterocycles. The van der Waals surface area contributed by atoms with Gasteiger partial charge in [0, 0.05) is 47.6 Å². The molecule has 3 rings (SSSR count). The second-order valence-electron chi connectivity index (χ2n) is 6.26. The van der Waals surface area contributed by atoms with Gasteiger partial charge in [0.15, 0.2) is 0 Å². The Kier molecular flexibility index (Phi) is 5.25. The highest BCUT2D eigenvalue weighted by Gasteiger charge is 2.23. The summed E-state index contributed by atoms with van der Waals surface area (Å²) in [5.41, 5.74) is 2.83. The average molecular weight is 383 g/mol. The molecule has 0 spiro atoms. The van der Waals surface area contributed by atoms with Gasteiger partial charge in [-0.1, -0.05) is 25.4 Å². The number of sulfonamides is 1. The minimum absolute atomic E-state index is 0.443. The molecule has 0 saturated heterocycles. The third kappa shape index (κ3) is 3.49. The molecule has 0 bridgehead atoms. The minimum atomic E-state index is -3.45. The molecule has 0 N–H and O–H groups in total. The summed E-state index contributed by atoms with van der Waals surface area (Å²) in [5.74, 6) is 0.586. The molecular weight excluding hydrogens is 360 g/mol. The zero-order valence-corrected chi connectivity index (χ0v) is 16.3. The molecule has 0 unspecified atom stereocenters. The van der Waals surface area contributed by atoms with E-state index in [0.29, 0.717) is 25.4 Å². The lowest BCUT2D eigenvalue weighted by Crippen LogP contribution is -2.28. The summed E-state index contributed by atoms with van der Waals surface area (Å²) in [6.07, 6.45) is 2.42. The standard InChI is InChI=1S/C18H23ClN2O3S/c1-4-21(5-2)25(22,23)11-9-16-14-12-20(3)10-8-13-15(19)6-7-17(24-16)18(13)14/h6-7,9,11H,4-5,8,10,12H2,1-3H3/b11-9+. The lowest BCUT2D eigenvalue weighted by atomic mass is 10.0. The summed E-state index contributed by atoms with van der Waals surface area (Å²) >= 11 is 6.39. The predicted molar refractivity (Wildman–Crippen MR) is 102 cm³/mol. The maximum absolute atomic E-state index is 12.4. The first-order valence-corrected chi connectivity index (χ1v) is 10.3. The van der Waals surface area contributed by atoms with Crippen LogP contribution in [0.25, 0.3) is 17.0 Å². The van der Waals surface area contributed by atoms with Crippen LogP contribution in [0.15, 0.2) is 22.0 Å². The highest BCUT2D eigenvalue weighted by molar-refractivity contribution is 7.92. The van der Waals surface area contributed by atoms with Gasteiger partial charge in [-0.05, 0) is 37.2 Å². The molecule has 136 valence electrons. The molecule has 0 aliphatic carbocycles. The Labute approximate surface area is 153 Å². The molecule has 0 amide bonds. The van der Waals surface area contributed by atoms with Crippen molar-refractivity contribution in [3.05, 3.63) is 39.5 Å². The van der Waals surface area contributed by atoms with E-state index < -0.39 is 10.0 Å². The van der Waals surface area contributed by atoms with Gasteiger partial charge in [-0.15, -0.1) is 0 Å². The third-order valence-corrected chi connectivity index (χ3v) is 6.74. The number of hydrogen-bond donors (Lipinski definition) is 0. The van der Waals surface area contributed by atoms with E-state index in [2.05, 4.69) is 4.90 Å². The number of nitrogens with zero attached hydrogens (tertiary/aromatic N) is 2. The molecule has 5 nitrogen and oxygen atoms in total. The first-order chi connectivity index (χ1) is 11.9. The van der Waals surface area contributed by atoms with Gasteiger partial charge in [-0.2, -0.15) is 4.31 Å². The van der Waals surface area contributed by atoms with Crippen molar-refractivity contribution in [2.75, 3.05) is 26.7 Å². The van der Waals surface area contributed by atoms with Crippen LogP contribution in [-0.4, -0.2) is 44.3 Å². The zero-order valence-electron chi connectivity index (χ0n) is 14.8. The third-order valence-electron chi connectivity index (χ3n) is 4.66. The van der Waals surface area contributed by atoms with Gasteiger partial charge in [-0.3, -0.25) is 0 Å². The highest BCUT2D eigenvalue weighted by atomic mass is 35.5. The van der Waals surface area contributed by atoms with E-state index in [4.69, 9.17) is 16.0 Å². The lowest BCUT2D eigenvalue weighted by Gasteiger charge is -2.15. The van der Waals surface area contributed by atoms with Gasteiger partial charge in [0.2, 0.25) is 10.0 Å². The molecular formula is C18H23ClN2O3S. The highest BCUT2D eigenvalue weighted by Crippen LogP contribution is 2.36. The molecule has 1 aromatic carbocycles. The van der Waals surface area contributed by atoms with Gasteiger partial charge >= 0.3 is 0 Å². The number of benzene rings is 1. The summed E-state index contributed by atoms with van der Waals surface area (Å²) in [6, 6.07) is 3.70. The number of likely N-dealkylation sites (N-methyl/N-ethyl adjacent to an activating group) is 1. The molecule has 25 heavy (non-hydrogen) atoms. The molecule has 0 saturated carbocycles. The predicted octanol–water partition coefficient (Wildman–Crippen LogP) is 3.72. The summed E-state index contributed by atoms with van der Waals surface area (Å²) in [5, 5.41) is 2.99. The quantitative estimate of drug-likeness (QED) is 0.790. The van der Waals surface area contributed by atoms with Crippen LogP contribution in [0, 0.1) is 0 Å². The van der Waals surface area contributed by atoms with Crippen molar-refractivity contribution >= 4 is 38.7 Å². The van der Waals surface area contributed by atoms with Crippen LogP contribution >= 0.6 is 11.6 Å². The summed E-state index contributed by atoms with van der Waals surface area (Å²) in [7, 11) is -1.41. The maximum Gasteiger partial charge on any atom is 0.236 e.